The minimum atomic E-state index is -0.848. The topological polar surface area (TPSA) is 83.3 Å². The fourth-order valence-corrected chi connectivity index (χ4v) is 3.63. The van der Waals surface area contributed by atoms with Crippen molar-refractivity contribution in [2.75, 3.05) is 0 Å². The molecule has 0 aliphatic carbocycles. The molecule has 0 saturated heterocycles. The molecule has 0 unspecified atom stereocenters. The lowest BCUT2D eigenvalue weighted by molar-refractivity contribution is -0.119. The lowest BCUT2D eigenvalue weighted by atomic mass is 10.2. The van der Waals surface area contributed by atoms with Gasteiger partial charge in [0, 0.05) is 24.1 Å². The minimum Gasteiger partial charge on any atom is -0.298 e. The Hall–Kier alpha value is -3.42. The molecule has 0 aliphatic heterocycles. The average molecular weight is 379 g/mol. The number of carbonyl (C=O) groups is 1. The van der Waals surface area contributed by atoms with Gasteiger partial charge in [-0.1, -0.05) is 18.2 Å². The number of rotatable bonds is 3. The summed E-state index contributed by atoms with van der Waals surface area (Å²) in [5.74, 6) is 0.297. The molecule has 0 N–H and O–H groups in total. The maximum atomic E-state index is 13.3. The molecule has 1 atom stereocenters. The first-order chi connectivity index (χ1) is 13.3. The summed E-state index contributed by atoms with van der Waals surface area (Å²) < 4.78 is 6.06. The van der Waals surface area contributed by atoms with Crippen LogP contribution in [0.4, 0.5) is 0 Å². The van der Waals surface area contributed by atoms with Crippen LogP contribution in [0.5, 0.6) is 0 Å². The standard InChI is InChI=1S/C20H21N5O3/c1-11-12(2)24-16-17(21-19(24)23(11)15-9-7-6-8-10-15)22(5)20(28)25(18(16)27)13(3)14(4)26/h6-10,13H,1-5H3/t13-/m0/s1. The maximum absolute atomic E-state index is 13.3. The van der Waals surface area contributed by atoms with E-state index in [9.17, 15) is 14.4 Å². The molecular weight excluding hydrogens is 358 g/mol. The van der Waals surface area contributed by atoms with Crippen molar-refractivity contribution in [3.8, 4) is 5.69 Å². The van der Waals surface area contributed by atoms with Gasteiger partial charge in [-0.05, 0) is 39.8 Å². The van der Waals surface area contributed by atoms with E-state index in [2.05, 4.69) is 4.98 Å². The zero-order valence-electron chi connectivity index (χ0n) is 16.4. The first kappa shape index (κ1) is 18.0. The van der Waals surface area contributed by atoms with E-state index in [1.807, 2.05) is 48.7 Å². The second kappa shape index (κ2) is 6.05. The number of carbonyl (C=O) groups excluding carboxylic acids is 1. The second-order valence-corrected chi connectivity index (χ2v) is 7.06. The zero-order chi connectivity index (χ0) is 20.3. The van der Waals surface area contributed by atoms with Crippen LogP contribution in [0.3, 0.4) is 0 Å². The SMILES string of the molecule is CC(=O)[C@H](C)n1c(=O)c2c(nc3n(-c4ccccc4)c(C)c(C)n23)n(C)c1=O. The van der Waals surface area contributed by atoms with Crippen molar-refractivity contribution in [3.63, 3.8) is 0 Å². The number of benzene rings is 1. The molecule has 1 aromatic carbocycles. The summed E-state index contributed by atoms with van der Waals surface area (Å²) in [6.45, 7) is 6.80. The largest absolute Gasteiger partial charge is 0.333 e. The molecule has 0 amide bonds. The number of para-hydroxylation sites is 1. The molecule has 0 fully saturated rings. The number of Topliss-reactive ketones (excluding diaryl/α,β-unsaturated/α-hetero) is 1. The highest BCUT2D eigenvalue weighted by atomic mass is 16.2. The Labute approximate surface area is 160 Å². The molecule has 0 aliphatic rings. The molecule has 3 heterocycles. The quantitative estimate of drug-likeness (QED) is 0.544. The minimum absolute atomic E-state index is 0.255. The fraction of sp³-hybridized carbons (Fsp3) is 0.300. The third-order valence-electron chi connectivity index (χ3n) is 5.46. The summed E-state index contributed by atoms with van der Waals surface area (Å²) in [5.41, 5.74) is 2.22. The van der Waals surface area contributed by atoms with Gasteiger partial charge in [-0.25, -0.2) is 9.36 Å². The Kier molecular flexibility index (Phi) is 3.88. The maximum Gasteiger partial charge on any atom is 0.333 e. The lowest BCUT2D eigenvalue weighted by Crippen LogP contribution is -2.42. The molecule has 4 rings (SSSR count). The summed E-state index contributed by atoms with van der Waals surface area (Å²) in [4.78, 5) is 42.5. The van der Waals surface area contributed by atoms with E-state index in [1.54, 1.807) is 18.4 Å². The van der Waals surface area contributed by atoms with Gasteiger partial charge in [0.2, 0.25) is 5.78 Å². The molecule has 8 heteroatoms. The molecular formula is C20H21N5O3. The summed E-state index contributed by atoms with van der Waals surface area (Å²) in [6, 6.07) is 8.86. The number of hydrogen-bond donors (Lipinski definition) is 0. The number of ketones is 1. The van der Waals surface area contributed by atoms with Crippen molar-refractivity contribution in [1.29, 1.82) is 0 Å². The van der Waals surface area contributed by atoms with Crippen molar-refractivity contribution in [3.05, 3.63) is 62.6 Å². The number of aromatic nitrogens is 5. The summed E-state index contributed by atoms with van der Waals surface area (Å²) >= 11 is 0. The molecule has 4 aromatic rings. The van der Waals surface area contributed by atoms with Crippen LogP contribution in [-0.2, 0) is 11.8 Å². The van der Waals surface area contributed by atoms with Crippen LogP contribution in [-0.4, -0.2) is 28.9 Å². The van der Waals surface area contributed by atoms with Crippen molar-refractivity contribution >= 4 is 22.7 Å². The van der Waals surface area contributed by atoms with Gasteiger partial charge in [0.1, 0.15) is 0 Å². The van der Waals surface area contributed by atoms with E-state index in [-0.39, 0.29) is 5.78 Å². The van der Waals surface area contributed by atoms with Crippen LogP contribution in [0.1, 0.15) is 31.3 Å². The van der Waals surface area contributed by atoms with Crippen LogP contribution in [0.2, 0.25) is 0 Å². The van der Waals surface area contributed by atoms with E-state index in [4.69, 9.17) is 0 Å². The smallest absolute Gasteiger partial charge is 0.298 e. The first-order valence-corrected chi connectivity index (χ1v) is 9.03. The average Bonchev–Trinajstić information content (AvgIpc) is 3.16. The van der Waals surface area contributed by atoms with E-state index in [0.717, 1.165) is 21.6 Å². The van der Waals surface area contributed by atoms with Gasteiger partial charge in [-0.15, -0.1) is 0 Å². The van der Waals surface area contributed by atoms with E-state index >= 15 is 0 Å². The van der Waals surface area contributed by atoms with Crippen molar-refractivity contribution < 1.29 is 4.79 Å². The fourth-order valence-electron chi connectivity index (χ4n) is 3.63. The molecule has 3 aromatic heterocycles. The monoisotopic (exact) mass is 379 g/mol. The molecule has 28 heavy (non-hydrogen) atoms. The Balaban J connectivity index is 2.22. The van der Waals surface area contributed by atoms with Gasteiger partial charge in [-0.3, -0.25) is 23.1 Å². The van der Waals surface area contributed by atoms with Gasteiger partial charge >= 0.3 is 5.69 Å². The Morgan fingerprint density at radius 3 is 2.32 bits per heavy atom. The summed E-state index contributed by atoms with van der Waals surface area (Å²) in [6.07, 6.45) is 0. The molecule has 0 saturated carbocycles. The van der Waals surface area contributed by atoms with Crippen molar-refractivity contribution in [2.24, 2.45) is 7.05 Å². The predicted molar refractivity (Wildman–Crippen MR) is 106 cm³/mol. The summed E-state index contributed by atoms with van der Waals surface area (Å²) in [7, 11) is 1.56. The molecule has 0 radical (unpaired) electrons. The number of imidazole rings is 2. The molecule has 0 spiro atoms. The Bertz CT molecular complexity index is 1370. The van der Waals surface area contributed by atoms with Crippen LogP contribution in [0, 0.1) is 13.8 Å². The highest BCUT2D eigenvalue weighted by Gasteiger charge is 2.25. The normalized spacial score (nSPS) is 12.8. The van der Waals surface area contributed by atoms with Crippen molar-refractivity contribution in [1.82, 2.24) is 23.1 Å². The van der Waals surface area contributed by atoms with E-state index in [0.29, 0.717) is 16.9 Å². The molecule has 8 nitrogen and oxygen atoms in total. The van der Waals surface area contributed by atoms with E-state index in [1.165, 1.54) is 11.5 Å². The Morgan fingerprint density at radius 2 is 1.71 bits per heavy atom. The Morgan fingerprint density at radius 1 is 1.07 bits per heavy atom. The van der Waals surface area contributed by atoms with Crippen LogP contribution < -0.4 is 11.2 Å². The number of fused-ring (bicyclic) bond motifs is 3. The lowest BCUT2D eigenvalue weighted by Gasteiger charge is -2.12. The number of hydrogen-bond acceptors (Lipinski definition) is 4. The number of aryl methyl sites for hydroxylation is 2. The third-order valence-corrected chi connectivity index (χ3v) is 5.46. The van der Waals surface area contributed by atoms with Gasteiger partial charge in [-0.2, -0.15) is 4.98 Å². The van der Waals surface area contributed by atoms with Gasteiger partial charge in [0.25, 0.3) is 5.56 Å². The van der Waals surface area contributed by atoms with Crippen LogP contribution in [0.25, 0.3) is 22.6 Å². The summed E-state index contributed by atoms with van der Waals surface area (Å²) in [5, 5.41) is 0. The molecule has 0 bridgehead atoms. The van der Waals surface area contributed by atoms with Crippen LogP contribution in [0.15, 0.2) is 39.9 Å². The highest BCUT2D eigenvalue weighted by molar-refractivity contribution is 5.81. The van der Waals surface area contributed by atoms with Gasteiger partial charge in [0.05, 0.1) is 6.04 Å². The van der Waals surface area contributed by atoms with Crippen LogP contribution >= 0.6 is 0 Å². The first-order valence-electron chi connectivity index (χ1n) is 9.03. The van der Waals surface area contributed by atoms with Gasteiger partial charge < -0.3 is 0 Å². The van der Waals surface area contributed by atoms with E-state index < -0.39 is 17.3 Å². The zero-order valence-corrected chi connectivity index (χ0v) is 16.4. The third kappa shape index (κ3) is 2.24. The second-order valence-electron chi connectivity index (χ2n) is 7.06. The highest BCUT2D eigenvalue weighted by Crippen LogP contribution is 2.24. The number of nitrogens with zero attached hydrogens (tertiary/aromatic N) is 5. The predicted octanol–water partition coefficient (Wildman–Crippen LogP) is 1.91. The van der Waals surface area contributed by atoms with Crippen molar-refractivity contribution in [2.45, 2.75) is 33.7 Å². The van der Waals surface area contributed by atoms with Gasteiger partial charge in [0.15, 0.2) is 16.9 Å². The molecule has 144 valence electrons.